The second kappa shape index (κ2) is 6.97. The number of aliphatic hydroxyl groups excluding tert-OH is 1. The molecule has 2 N–H and O–H groups in total. The van der Waals surface area contributed by atoms with Crippen LogP contribution in [0.1, 0.15) is 12.5 Å². The van der Waals surface area contributed by atoms with E-state index in [2.05, 4.69) is 10.3 Å². The molecule has 0 aliphatic rings. The molecular formula is C17H20ClN5O3. The maximum atomic E-state index is 12.9. The number of aromatic nitrogens is 4. The first kappa shape index (κ1) is 18.2. The summed E-state index contributed by atoms with van der Waals surface area (Å²) in [6.45, 7) is 2.04. The molecule has 0 saturated heterocycles. The maximum absolute atomic E-state index is 12.9. The molecule has 1 aromatic carbocycles. The van der Waals surface area contributed by atoms with Crippen LogP contribution in [-0.2, 0) is 20.6 Å². The maximum Gasteiger partial charge on any atom is 0.332 e. The molecule has 0 aliphatic heterocycles. The van der Waals surface area contributed by atoms with Crippen molar-refractivity contribution in [1.82, 2.24) is 18.7 Å². The van der Waals surface area contributed by atoms with Crippen molar-refractivity contribution in [2.75, 3.05) is 11.9 Å². The number of benzene rings is 1. The normalized spacial score (nSPS) is 12.5. The second-order valence-electron chi connectivity index (χ2n) is 6.26. The third kappa shape index (κ3) is 3.25. The third-order valence-electron chi connectivity index (χ3n) is 4.15. The van der Waals surface area contributed by atoms with E-state index in [0.29, 0.717) is 16.5 Å². The highest BCUT2D eigenvalue weighted by Crippen LogP contribution is 2.14. The van der Waals surface area contributed by atoms with Crippen LogP contribution in [0.15, 0.2) is 33.9 Å². The van der Waals surface area contributed by atoms with Gasteiger partial charge in [-0.3, -0.25) is 13.9 Å². The minimum atomic E-state index is -0.571. The second-order valence-corrected chi connectivity index (χ2v) is 6.70. The molecule has 0 spiro atoms. The van der Waals surface area contributed by atoms with Gasteiger partial charge >= 0.3 is 5.69 Å². The van der Waals surface area contributed by atoms with Crippen LogP contribution in [0.5, 0.6) is 0 Å². The van der Waals surface area contributed by atoms with E-state index >= 15 is 0 Å². The summed E-state index contributed by atoms with van der Waals surface area (Å²) in [6, 6.07) is 7.03. The Hall–Kier alpha value is -2.58. The van der Waals surface area contributed by atoms with Gasteiger partial charge in [0.15, 0.2) is 11.2 Å². The number of aliphatic hydroxyl groups is 1. The lowest BCUT2D eigenvalue weighted by atomic mass is 10.2. The highest BCUT2D eigenvalue weighted by atomic mass is 35.5. The van der Waals surface area contributed by atoms with Crippen LogP contribution >= 0.6 is 11.6 Å². The van der Waals surface area contributed by atoms with Crippen molar-refractivity contribution in [2.24, 2.45) is 14.1 Å². The number of hydrogen-bond acceptors (Lipinski definition) is 5. The van der Waals surface area contributed by atoms with E-state index in [9.17, 15) is 14.7 Å². The molecule has 0 bridgehead atoms. The lowest BCUT2D eigenvalue weighted by molar-refractivity contribution is 0.208. The SMILES string of the molecule is C[C@@H](O)CNc1nc2c(c(=O)n(Cc3cccc(Cl)c3)c(=O)n2C)n1C. The zero-order chi connectivity index (χ0) is 19.0. The standard InChI is InChI=1S/C17H20ClN5O3/c1-10(24)8-19-16-20-14-13(21(16)2)15(25)23(17(26)22(14)3)9-11-5-4-6-12(18)7-11/h4-7,10,24H,8-9H2,1-3H3,(H,19,20)/t10-/m1/s1. The average Bonchev–Trinajstić information content (AvgIpc) is 2.92. The fraction of sp³-hybridized carbons (Fsp3) is 0.353. The summed E-state index contributed by atoms with van der Waals surface area (Å²) in [5.41, 5.74) is 0.469. The molecule has 3 rings (SSSR count). The van der Waals surface area contributed by atoms with Crippen LogP contribution in [-0.4, -0.2) is 36.4 Å². The molecular weight excluding hydrogens is 358 g/mol. The Labute approximate surface area is 154 Å². The summed E-state index contributed by atoms with van der Waals surface area (Å²) in [5, 5.41) is 12.9. The van der Waals surface area contributed by atoms with Gasteiger partial charge < -0.3 is 15.0 Å². The number of halogens is 1. The summed E-state index contributed by atoms with van der Waals surface area (Å²) in [4.78, 5) is 29.9. The fourth-order valence-electron chi connectivity index (χ4n) is 2.80. The minimum absolute atomic E-state index is 0.115. The molecule has 0 saturated carbocycles. The number of fused-ring (bicyclic) bond motifs is 1. The summed E-state index contributed by atoms with van der Waals surface area (Å²) < 4.78 is 4.09. The van der Waals surface area contributed by atoms with Crippen LogP contribution in [0, 0.1) is 0 Å². The zero-order valence-electron chi connectivity index (χ0n) is 14.7. The lowest BCUT2D eigenvalue weighted by Crippen LogP contribution is -2.39. The van der Waals surface area contributed by atoms with Crippen molar-refractivity contribution in [3.05, 3.63) is 55.7 Å². The van der Waals surface area contributed by atoms with Gasteiger partial charge in [-0.1, -0.05) is 23.7 Å². The van der Waals surface area contributed by atoms with E-state index in [-0.39, 0.29) is 18.7 Å². The molecule has 0 aliphatic carbocycles. The Morgan fingerprint density at radius 2 is 2.00 bits per heavy atom. The number of aryl methyl sites for hydroxylation is 2. The molecule has 0 fully saturated rings. The first-order valence-electron chi connectivity index (χ1n) is 8.12. The van der Waals surface area contributed by atoms with Gasteiger partial charge in [-0.2, -0.15) is 4.98 Å². The van der Waals surface area contributed by atoms with Crippen LogP contribution in [0.4, 0.5) is 5.95 Å². The van der Waals surface area contributed by atoms with Crippen LogP contribution < -0.4 is 16.6 Å². The average molecular weight is 378 g/mol. The van der Waals surface area contributed by atoms with Crippen molar-refractivity contribution in [1.29, 1.82) is 0 Å². The van der Waals surface area contributed by atoms with Crippen LogP contribution in [0.25, 0.3) is 11.2 Å². The van der Waals surface area contributed by atoms with E-state index in [1.54, 1.807) is 49.9 Å². The van der Waals surface area contributed by atoms with Crippen molar-refractivity contribution >= 4 is 28.7 Å². The van der Waals surface area contributed by atoms with Gasteiger partial charge in [-0.05, 0) is 24.6 Å². The predicted molar refractivity (Wildman–Crippen MR) is 101 cm³/mol. The van der Waals surface area contributed by atoms with Gasteiger partial charge in [0.2, 0.25) is 5.95 Å². The van der Waals surface area contributed by atoms with E-state index in [4.69, 9.17) is 11.6 Å². The predicted octanol–water partition coefficient (Wildman–Crippen LogP) is 0.928. The topological polar surface area (TPSA) is 94.1 Å². The summed E-state index contributed by atoms with van der Waals surface area (Å²) in [5.74, 6) is 0.411. The summed E-state index contributed by atoms with van der Waals surface area (Å²) >= 11 is 5.99. The molecule has 2 heterocycles. The van der Waals surface area contributed by atoms with Gasteiger partial charge in [0.05, 0.1) is 12.6 Å². The first-order valence-corrected chi connectivity index (χ1v) is 8.50. The van der Waals surface area contributed by atoms with Gasteiger partial charge in [0, 0.05) is 25.7 Å². The number of anilines is 1. The monoisotopic (exact) mass is 377 g/mol. The molecule has 9 heteroatoms. The number of nitrogens with zero attached hydrogens (tertiary/aromatic N) is 4. The van der Waals surface area contributed by atoms with Crippen LogP contribution in [0.3, 0.4) is 0 Å². The number of rotatable bonds is 5. The highest BCUT2D eigenvalue weighted by molar-refractivity contribution is 6.30. The van der Waals surface area contributed by atoms with Gasteiger partial charge in [0.1, 0.15) is 0 Å². The van der Waals surface area contributed by atoms with E-state index in [0.717, 1.165) is 10.1 Å². The Kier molecular flexibility index (Phi) is 4.88. The van der Waals surface area contributed by atoms with Crippen LogP contribution in [0.2, 0.25) is 5.02 Å². The Morgan fingerprint density at radius 1 is 1.27 bits per heavy atom. The van der Waals surface area contributed by atoms with E-state index in [1.165, 1.54) is 4.57 Å². The van der Waals surface area contributed by atoms with Crippen molar-refractivity contribution in [3.63, 3.8) is 0 Å². The quantitative estimate of drug-likeness (QED) is 0.689. The largest absolute Gasteiger partial charge is 0.392 e. The molecule has 2 aromatic heterocycles. The Morgan fingerprint density at radius 3 is 2.65 bits per heavy atom. The summed E-state index contributed by atoms with van der Waals surface area (Å²) in [6.07, 6.45) is -0.571. The Balaban J connectivity index is 2.15. The number of nitrogens with one attached hydrogen (secondary N) is 1. The molecule has 138 valence electrons. The molecule has 1 atom stereocenters. The first-order chi connectivity index (χ1) is 12.3. The molecule has 0 radical (unpaired) electrons. The van der Waals surface area contributed by atoms with Gasteiger partial charge in [-0.15, -0.1) is 0 Å². The molecule has 0 amide bonds. The zero-order valence-corrected chi connectivity index (χ0v) is 15.5. The third-order valence-corrected chi connectivity index (χ3v) is 4.38. The van der Waals surface area contributed by atoms with Gasteiger partial charge in [0.25, 0.3) is 5.56 Å². The van der Waals surface area contributed by atoms with E-state index in [1.807, 2.05) is 0 Å². The number of hydrogen-bond donors (Lipinski definition) is 2. The molecule has 8 nitrogen and oxygen atoms in total. The van der Waals surface area contributed by atoms with Gasteiger partial charge in [-0.25, -0.2) is 4.79 Å². The fourth-order valence-corrected chi connectivity index (χ4v) is 3.01. The van der Waals surface area contributed by atoms with Crippen molar-refractivity contribution in [3.8, 4) is 0 Å². The highest BCUT2D eigenvalue weighted by Gasteiger charge is 2.18. The molecule has 26 heavy (non-hydrogen) atoms. The van der Waals surface area contributed by atoms with E-state index < -0.39 is 17.4 Å². The van der Waals surface area contributed by atoms with Crippen molar-refractivity contribution < 1.29 is 5.11 Å². The Bertz CT molecular complexity index is 1080. The summed E-state index contributed by atoms with van der Waals surface area (Å²) in [7, 11) is 3.26. The smallest absolute Gasteiger partial charge is 0.332 e. The lowest BCUT2D eigenvalue weighted by Gasteiger charge is -2.09. The molecule has 0 unspecified atom stereocenters. The minimum Gasteiger partial charge on any atom is -0.392 e. The van der Waals surface area contributed by atoms with Crippen molar-refractivity contribution in [2.45, 2.75) is 19.6 Å². The molecule has 3 aromatic rings. The number of imidazole rings is 1.